The van der Waals surface area contributed by atoms with Gasteiger partial charge in [-0.3, -0.25) is 14.9 Å². The van der Waals surface area contributed by atoms with E-state index >= 15 is 0 Å². The molecule has 0 unspecified atom stereocenters. The van der Waals surface area contributed by atoms with Crippen molar-refractivity contribution in [1.82, 2.24) is 0 Å². The first-order valence-electron chi connectivity index (χ1n) is 7.80. The highest BCUT2D eigenvalue weighted by molar-refractivity contribution is 8.00. The van der Waals surface area contributed by atoms with Gasteiger partial charge in [0.2, 0.25) is 0 Å². The largest absolute Gasteiger partial charge is 0.460 e. The van der Waals surface area contributed by atoms with Gasteiger partial charge in [-0.05, 0) is 18.9 Å². The van der Waals surface area contributed by atoms with Gasteiger partial charge in [0, 0.05) is 36.7 Å². The van der Waals surface area contributed by atoms with Crippen molar-refractivity contribution in [3.8, 4) is 6.07 Å². The first-order chi connectivity index (χ1) is 11.6. The van der Waals surface area contributed by atoms with Crippen LogP contribution in [-0.4, -0.2) is 41.6 Å². The molecule has 24 heavy (non-hydrogen) atoms. The van der Waals surface area contributed by atoms with Crippen LogP contribution in [0.3, 0.4) is 0 Å². The number of nitriles is 1. The molecule has 0 bridgehead atoms. The predicted molar refractivity (Wildman–Crippen MR) is 90.0 cm³/mol. The van der Waals surface area contributed by atoms with Crippen molar-refractivity contribution < 1.29 is 14.5 Å². The lowest BCUT2D eigenvalue weighted by Gasteiger charge is -2.34. The average Bonchev–Trinajstić information content (AvgIpc) is 2.57. The Balaban J connectivity index is 1.63. The van der Waals surface area contributed by atoms with Crippen LogP contribution < -0.4 is 4.90 Å². The number of thioether (sulfide) groups is 1. The van der Waals surface area contributed by atoms with E-state index in [9.17, 15) is 20.2 Å². The number of carbonyl (C=O) groups excluding carboxylic acids is 1. The second-order valence-electron chi connectivity index (χ2n) is 5.93. The summed E-state index contributed by atoms with van der Waals surface area (Å²) in [4.78, 5) is 24.4. The van der Waals surface area contributed by atoms with Crippen molar-refractivity contribution in [2.24, 2.45) is 5.92 Å². The molecule has 0 aromatic heterocycles. The summed E-state index contributed by atoms with van der Waals surface area (Å²) in [6.07, 6.45) is 1.40. The van der Waals surface area contributed by atoms with Gasteiger partial charge in [0.1, 0.15) is 12.2 Å². The molecule has 0 N–H and O–H groups in total. The van der Waals surface area contributed by atoms with E-state index in [0.29, 0.717) is 31.6 Å². The molecule has 0 aliphatic carbocycles. The lowest BCUT2D eigenvalue weighted by atomic mass is 9.96. The normalized spacial score (nSPS) is 18.5. The number of hydrogen-bond donors (Lipinski definition) is 0. The highest BCUT2D eigenvalue weighted by Gasteiger charge is 2.31. The number of non-ortho nitro benzene ring substituents is 1. The Bertz CT molecular complexity index is 691. The van der Waals surface area contributed by atoms with E-state index in [1.807, 2.05) is 11.0 Å². The summed E-state index contributed by atoms with van der Waals surface area (Å²) in [5, 5.41) is 20.1. The third-order valence-electron chi connectivity index (χ3n) is 4.37. The number of carbonyl (C=O) groups is 1. The van der Waals surface area contributed by atoms with Crippen molar-refractivity contribution in [1.29, 1.82) is 5.26 Å². The Labute approximate surface area is 143 Å². The molecule has 126 valence electrons. The van der Waals surface area contributed by atoms with Gasteiger partial charge < -0.3 is 9.64 Å². The Morgan fingerprint density at radius 3 is 2.62 bits per heavy atom. The molecule has 1 aromatic rings. The number of benzene rings is 1. The van der Waals surface area contributed by atoms with E-state index in [1.54, 1.807) is 17.8 Å². The number of nitrogens with zero attached hydrogens (tertiary/aromatic N) is 3. The molecule has 2 fully saturated rings. The van der Waals surface area contributed by atoms with Gasteiger partial charge in [-0.15, -0.1) is 0 Å². The Kier molecular flexibility index (Phi) is 4.90. The molecule has 2 heterocycles. The molecule has 1 aromatic carbocycles. The molecular weight excluding hydrogens is 330 g/mol. The van der Waals surface area contributed by atoms with Crippen molar-refractivity contribution >= 4 is 29.1 Å². The van der Waals surface area contributed by atoms with Crippen molar-refractivity contribution in [3.05, 3.63) is 33.9 Å². The molecule has 2 saturated heterocycles. The summed E-state index contributed by atoms with van der Waals surface area (Å²) < 4.78 is 5.45. The third-order valence-corrected chi connectivity index (χ3v) is 5.59. The summed E-state index contributed by atoms with van der Waals surface area (Å²) in [7, 11) is 0. The lowest BCUT2D eigenvalue weighted by Crippen LogP contribution is -2.40. The topological polar surface area (TPSA) is 96.5 Å². The standard InChI is InChI=1S/C16H17N3O4S/c17-8-12-7-13(19(21)22)1-2-15(12)18-5-3-11(4-6-18)16(20)23-14-9-24-10-14/h1-2,7,11,14H,3-6,9-10H2. The molecular formula is C16H17N3O4S. The number of hydrogen-bond acceptors (Lipinski definition) is 7. The minimum absolute atomic E-state index is 0.0698. The summed E-state index contributed by atoms with van der Waals surface area (Å²) in [6.45, 7) is 1.26. The number of esters is 1. The van der Waals surface area contributed by atoms with Gasteiger partial charge in [0.05, 0.1) is 22.1 Å². The first-order valence-corrected chi connectivity index (χ1v) is 8.95. The van der Waals surface area contributed by atoms with E-state index < -0.39 is 4.92 Å². The minimum Gasteiger partial charge on any atom is -0.460 e. The second-order valence-corrected chi connectivity index (χ2v) is 7.00. The maximum atomic E-state index is 12.1. The highest BCUT2D eigenvalue weighted by Crippen LogP contribution is 2.30. The van der Waals surface area contributed by atoms with E-state index in [2.05, 4.69) is 0 Å². The summed E-state index contributed by atoms with van der Waals surface area (Å²) in [6, 6.07) is 6.34. The van der Waals surface area contributed by atoms with Gasteiger partial charge in [-0.2, -0.15) is 17.0 Å². The van der Waals surface area contributed by atoms with Crippen LogP contribution in [0.1, 0.15) is 18.4 Å². The fraction of sp³-hybridized carbons (Fsp3) is 0.500. The fourth-order valence-electron chi connectivity index (χ4n) is 2.90. The zero-order valence-corrected chi connectivity index (χ0v) is 13.8. The fourth-order valence-corrected chi connectivity index (χ4v) is 3.47. The number of nitro benzene ring substituents is 1. The van der Waals surface area contributed by atoms with Crippen LogP contribution in [0.25, 0.3) is 0 Å². The summed E-state index contributed by atoms with van der Waals surface area (Å²) in [5.41, 5.74) is 0.883. The third kappa shape index (κ3) is 3.46. The molecule has 0 spiro atoms. The first kappa shape index (κ1) is 16.6. The minimum atomic E-state index is -0.508. The van der Waals surface area contributed by atoms with Crippen LogP contribution in [0, 0.1) is 27.4 Å². The van der Waals surface area contributed by atoms with Gasteiger partial charge in [-0.25, -0.2) is 0 Å². The van der Waals surface area contributed by atoms with Gasteiger partial charge in [0.25, 0.3) is 5.69 Å². The van der Waals surface area contributed by atoms with Gasteiger partial charge >= 0.3 is 5.97 Å². The van der Waals surface area contributed by atoms with Crippen LogP contribution in [0.4, 0.5) is 11.4 Å². The number of rotatable bonds is 4. The molecule has 0 radical (unpaired) electrons. The van der Waals surface area contributed by atoms with E-state index in [4.69, 9.17) is 4.74 Å². The van der Waals surface area contributed by atoms with E-state index in [-0.39, 0.29) is 29.2 Å². The summed E-state index contributed by atoms with van der Waals surface area (Å²) in [5.74, 6) is 1.55. The highest BCUT2D eigenvalue weighted by atomic mass is 32.2. The second kappa shape index (κ2) is 7.09. The SMILES string of the molecule is N#Cc1cc([N+](=O)[O-])ccc1N1CCC(C(=O)OC2CSC2)CC1. The quantitative estimate of drug-likeness (QED) is 0.468. The number of piperidine rings is 1. The molecule has 8 heteroatoms. The van der Waals surface area contributed by atoms with Crippen molar-refractivity contribution in [3.63, 3.8) is 0 Å². The van der Waals surface area contributed by atoms with E-state index in [0.717, 1.165) is 11.5 Å². The Morgan fingerprint density at radius 2 is 2.08 bits per heavy atom. The maximum absolute atomic E-state index is 12.1. The number of ether oxygens (including phenoxy) is 1. The smallest absolute Gasteiger partial charge is 0.309 e. The average molecular weight is 347 g/mol. The van der Waals surface area contributed by atoms with Crippen LogP contribution >= 0.6 is 11.8 Å². The molecule has 2 aliphatic rings. The molecule has 7 nitrogen and oxygen atoms in total. The van der Waals surface area contributed by atoms with Crippen LogP contribution in [0.2, 0.25) is 0 Å². The van der Waals surface area contributed by atoms with Crippen LogP contribution in [0.15, 0.2) is 18.2 Å². The predicted octanol–water partition coefficient (Wildman–Crippen LogP) is 2.34. The Hall–Kier alpha value is -2.27. The zero-order valence-electron chi connectivity index (χ0n) is 13.0. The van der Waals surface area contributed by atoms with E-state index in [1.165, 1.54) is 12.1 Å². The zero-order chi connectivity index (χ0) is 17.1. The monoisotopic (exact) mass is 347 g/mol. The molecule has 0 atom stereocenters. The maximum Gasteiger partial charge on any atom is 0.309 e. The molecule has 0 amide bonds. The molecule has 2 aliphatic heterocycles. The van der Waals surface area contributed by atoms with Crippen LogP contribution in [-0.2, 0) is 9.53 Å². The molecule has 3 rings (SSSR count). The van der Waals surface area contributed by atoms with Crippen molar-refractivity contribution in [2.45, 2.75) is 18.9 Å². The van der Waals surface area contributed by atoms with Crippen molar-refractivity contribution in [2.75, 3.05) is 29.5 Å². The molecule has 0 saturated carbocycles. The van der Waals surface area contributed by atoms with Gasteiger partial charge in [-0.1, -0.05) is 0 Å². The Morgan fingerprint density at radius 1 is 1.38 bits per heavy atom. The van der Waals surface area contributed by atoms with Gasteiger partial charge in [0.15, 0.2) is 0 Å². The van der Waals surface area contributed by atoms with Crippen LogP contribution in [0.5, 0.6) is 0 Å². The number of anilines is 1. The lowest BCUT2D eigenvalue weighted by molar-refractivity contribution is -0.384. The number of nitro groups is 1. The summed E-state index contributed by atoms with van der Waals surface area (Å²) >= 11 is 1.77.